The molecule has 0 aliphatic carbocycles. The van der Waals surface area contributed by atoms with Crippen molar-refractivity contribution in [3.63, 3.8) is 0 Å². The molecule has 5 rings (SSSR count). The van der Waals surface area contributed by atoms with E-state index >= 15 is 0 Å². The molecule has 0 radical (unpaired) electrons. The molecule has 2 aromatic carbocycles. The number of hydrogen-bond donors (Lipinski definition) is 0. The fourth-order valence-electron chi connectivity index (χ4n) is 4.26. The van der Waals surface area contributed by atoms with Gasteiger partial charge in [-0.15, -0.1) is 0 Å². The Bertz CT molecular complexity index is 827. The van der Waals surface area contributed by atoms with Crippen molar-refractivity contribution in [2.45, 2.75) is 25.4 Å². The molecular formula is C22H23N3O. The maximum atomic E-state index is 13.0. The van der Waals surface area contributed by atoms with Gasteiger partial charge in [-0.05, 0) is 42.5 Å². The molecule has 3 aliphatic heterocycles. The van der Waals surface area contributed by atoms with Crippen LogP contribution in [0.3, 0.4) is 0 Å². The lowest BCUT2D eigenvalue weighted by atomic mass is 9.94. The summed E-state index contributed by atoms with van der Waals surface area (Å²) in [6, 6.07) is 20.2. The highest BCUT2D eigenvalue weighted by Gasteiger charge is 2.36. The summed E-state index contributed by atoms with van der Waals surface area (Å²) in [5, 5.41) is 9.09. The SMILES string of the molecule is N#Cc1cccc(C(=O)N2C[C@@H]3CC[C@H](C2)N(Cc2ccccc2)C3)c1. The molecule has 1 amide bonds. The number of rotatable bonds is 3. The molecule has 3 saturated heterocycles. The predicted octanol–water partition coefficient (Wildman–Crippen LogP) is 3.29. The smallest absolute Gasteiger partial charge is 0.253 e. The lowest BCUT2D eigenvalue weighted by Gasteiger charge is -2.36. The monoisotopic (exact) mass is 345 g/mol. The molecule has 2 atom stereocenters. The minimum Gasteiger partial charge on any atom is -0.337 e. The summed E-state index contributed by atoms with van der Waals surface area (Å²) in [6.45, 7) is 3.60. The Kier molecular flexibility index (Phi) is 4.73. The van der Waals surface area contributed by atoms with Gasteiger partial charge in [-0.1, -0.05) is 36.4 Å². The van der Waals surface area contributed by atoms with Crippen molar-refractivity contribution >= 4 is 5.91 Å². The molecule has 0 aromatic heterocycles. The van der Waals surface area contributed by atoms with Crippen LogP contribution in [-0.4, -0.2) is 41.4 Å². The number of nitrogens with zero attached hydrogens (tertiary/aromatic N) is 3. The van der Waals surface area contributed by atoms with Crippen molar-refractivity contribution < 1.29 is 4.79 Å². The van der Waals surface area contributed by atoms with Crippen LogP contribution in [0.15, 0.2) is 54.6 Å². The number of piperidine rings is 1. The molecule has 0 N–H and O–H groups in total. The summed E-state index contributed by atoms with van der Waals surface area (Å²) in [6.07, 6.45) is 2.34. The molecule has 3 aliphatic rings. The van der Waals surface area contributed by atoms with Crippen LogP contribution in [-0.2, 0) is 6.54 Å². The van der Waals surface area contributed by atoms with Crippen molar-refractivity contribution in [3.05, 3.63) is 71.3 Å². The van der Waals surface area contributed by atoms with Gasteiger partial charge in [0, 0.05) is 37.8 Å². The average Bonchev–Trinajstić information content (AvgIpc) is 3.00. The zero-order chi connectivity index (χ0) is 17.9. The van der Waals surface area contributed by atoms with E-state index in [4.69, 9.17) is 5.26 Å². The van der Waals surface area contributed by atoms with E-state index in [0.717, 1.165) is 32.6 Å². The zero-order valence-electron chi connectivity index (χ0n) is 14.8. The topological polar surface area (TPSA) is 47.3 Å². The number of carbonyl (C=O) groups is 1. The van der Waals surface area contributed by atoms with Crippen LogP contribution in [0.5, 0.6) is 0 Å². The highest BCUT2D eigenvalue weighted by atomic mass is 16.2. The number of fused-ring (bicyclic) bond motifs is 4. The molecule has 3 heterocycles. The van der Waals surface area contributed by atoms with E-state index in [-0.39, 0.29) is 5.91 Å². The summed E-state index contributed by atoms with van der Waals surface area (Å²) in [7, 11) is 0. The first kappa shape index (κ1) is 16.8. The van der Waals surface area contributed by atoms with E-state index in [9.17, 15) is 4.79 Å². The molecule has 26 heavy (non-hydrogen) atoms. The van der Waals surface area contributed by atoms with E-state index in [0.29, 0.717) is 23.1 Å². The molecule has 132 valence electrons. The van der Waals surface area contributed by atoms with Crippen LogP contribution in [0.4, 0.5) is 0 Å². The molecule has 2 aromatic rings. The highest BCUT2D eigenvalue weighted by molar-refractivity contribution is 5.94. The quantitative estimate of drug-likeness (QED) is 0.857. The van der Waals surface area contributed by atoms with Crippen LogP contribution >= 0.6 is 0 Å². The molecule has 0 unspecified atom stereocenters. The van der Waals surface area contributed by atoms with E-state index < -0.39 is 0 Å². The van der Waals surface area contributed by atoms with Crippen LogP contribution in [0, 0.1) is 17.2 Å². The summed E-state index contributed by atoms with van der Waals surface area (Å²) in [4.78, 5) is 17.6. The van der Waals surface area contributed by atoms with Crippen LogP contribution in [0.25, 0.3) is 0 Å². The molecule has 4 nitrogen and oxygen atoms in total. The molecule has 3 fully saturated rings. The van der Waals surface area contributed by atoms with Crippen molar-refractivity contribution in [3.8, 4) is 6.07 Å². The normalized spacial score (nSPS) is 22.7. The summed E-state index contributed by atoms with van der Waals surface area (Å²) < 4.78 is 0. The molecule has 0 saturated carbocycles. The van der Waals surface area contributed by atoms with E-state index in [1.165, 1.54) is 12.0 Å². The van der Waals surface area contributed by atoms with Gasteiger partial charge in [0.05, 0.1) is 11.6 Å². The van der Waals surface area contributed by atoms with E-state index in [2.05, 4.69) is 35.2 Å². The highest BCUT2D eigenvalue weighted by Crippen LogP contribution is 2.30. The van der Waals surface area contributed by atoms with Gasteiger partial charge in [0.25, 0.3) is 5.91 Å². The number of amides is 1. The van der Waals surface area contributed by atoms with Crippen LogP contribution in [0.2, 0.25) is 0 Å². The van der Waals surface area contributed by atoms with Gasteiger partial charge >= 0.3 is 0 Å². The van der Waals surface area contributed by atoms with Gasteiger partial charge in [0.15, 0.2) is 0 Å². The lowest BCUT2D eigenvalue weighted by Crippen LogP contribution is -2.43. The van der Waals surface area contributed by atoms with Crippen molar-refractivity contribution in [2.75, 3.05) is 19.6 Å². The van der Waals surface area contributed by atoms with Crippen LogP contribution < -0.4 is 0 Å². The van der Waals surface area contributed by atoms with E-state index in [1.54, 1.807) is 18.2 Å². The minimum atomic E-state index is 0.0561. The maximum absolute atomic E-state index is 13.0. The summed E-state index contributed by atoms with van der Waals surface area (Å²) in [5.74, 6) is 0.584. The summed E-state index contributed by atoms with van der Waals surface area (Å²) in [5.41, 5.74) is 2.50. The largest absolute Gasteiger partial charge is 0.337 e. The first-order valence-electron chi connectivity index (χ1n) is 9.30. The van der Waals surface area contributed by atoms with Crippen molar-refractivity contribution in [1.29, 1.82) is 5.26 Å². The fourth-order valence-corrected chi connectivity index (χ4v) is 4.26. The van der Waals surface area contributed by atoms with Gasteiger partial charge in [-0.3, -0.25) is 9.69 Å². The number of nitriles is 1. The molecule has 4 heteroatoms. The molecular weight excluding hydrogens is 322 g/mol. The Labute approximate surface area is 154 Å². The second kappa shape index (κ2) is 7.31. The van der Waals surface area contributed by atoms with Crippen LogP contribution in [0.1, 0.15) is 34.3 Å². The molecule has 2 bridgehead atoms. The zero-order valence-corrected chi connectivity index (χ0v) is 14.8. The minimum absolute atomic E-state index is 0.0561. The van der Waals surface area contributed by atoms with E-state index in [1.807, 2.05) is 17.0 Å². The fraction of sp³-hybridized carbons (Fsp3) is 0.364. The Morgan fingerprint density at radius 3 is 2.69 bits per heavy atom. The Balaban J connectivity index is 1.50. The first-order chi connectivity index (χ1) is 12.7. The molecule has 0 spiro atoms. The third kappa shape index (κ3) is 3.49. The average molecular weight is 345 g/mol. The second-order valence-electron chi connectivity index (χ2n) is 7.41. The van der Waals surface area contributed by atoms with Crippen molar-refractivity contribution in [2.24, 2.45) is 5.92 Å². The maximum Gasteiger partial charge on any atom is 0.253 e. The predicted molar refractivity (Wildman–Crippen MR) is 100 cm³/mol. The van der Waals surface area contributed by atoms with Gasteiger partial charge < -0.3 is 4.90 Å². The Morgan fingerprint density at radius 2 is 1.88 bits per heavy atom. The Morgan fingerprint density at radius 1 is 1.04 bits per heavy atom. The van der Waals surface area contributed by atoms with Crippen molar-refractivity contribution in [1.82, 2.24) is 9.80 Å². The number of hydrogen-bond acceptors (Lipinski definition) is 3. The standard InChI is InChI=1S/C22H23N3O/c23-12-18-7-4-8-20(11-18)22(26)25-15-19-9-10-21(16-25)24(14-19)13-17-5-2-1-3-6-17/h1-8,11,19,21H,9-10,13-16H2/t19-,21-/m1/s1. The number of carbonyl (C=O) groups excluding carboxylic acids is 1. The van der Waals surface area contributed by atoms with Gasteiger partial charge in [-0.2, -0.15) is 5.26 Å². The summed E-state index contributed by atoms with van der Waals surface area (Å²) >= 11 is 0. The van der Waals surface area contributed by atoms with Gasteiger partial charge in [0.2, 0.25) is 0 Å². The first-order valence-corrected chi connectivity index (χ1v) is 9.30. The lowest BCUT2D eigenvalue weighted by molar-refractivity contribution is 0.0736. The number of benzene rings is 2. The second-order valence-corrected chi connectivity index (χ2v) is 7.41. The van der Waals surface area contributed by atoms with Gasteiger partial charge in [0.1, 0.15) is 0 Å². The Hall–Kier alpha value is -2.64. The van der Waals surface area contributed by atoms with Gasteiger partial charge in [-0.25, -0.2) is 0 Å². The third-order valence-electron chi connectivity index (χ3n) is 5.58. The third-order valence-corrected chi connectivity index (χ3v) is 5.58.